The number of alkyl halides is 4. The van der Waals surface area contributed by atoms with Crippen LogP contribution in [-0.4, -0.2) is 0 Å². The minimum atomic E-state index is -4.51. The van der Waals surface area contributed by atoms with Gasteiger partial charge in [-0.15, -0.1) is 0 Å². The number of hydrogen-bond acceptors (Lipinski definition) is 0. The third-order valence-corrected chi connectivity index (χ3v) is 8.24. The number of benzene rings is 6. The molecule has 0 aliphatic heterocycles. The molecule has 4 aliphatic rings. The summed E-state index contributed by atoms with van der Waals surface area (Å²) >= 11 is 0. The Morgan fingerprint density at radius 2 is 0.795 bits per heavy atom. The second-order valence-corrected chi connectivity index (χ2v) is 10.9. The van der Waals surface area contributed by atoms with Gasteiger partial charge in [0.05, 0.1) is 0 Å². The second-order valence-electron chi connectivity index (χ2n) is 10.9. The smallest absolute Gasteiger partial charge is 0.194 e. The van der Waals surface area contributed by atoms with Gasteiger partial charge in [0.15, 0.2) is 0 Å². The fourth-order valence-electron chi connectivity index (χ4n) is 6.09. The minimum absolute atomic E-state index is 0.0620. The molecule has 10 rings (SSSR count). The average molecular weight is 583 g/mol. The number of hydrogen-bond donors (Lipinski definition) is 0. The molecule has 0 N–H and O–H groups in total. The first-order valence-corrected chi connectivity index (χ1v) is 14.4. The first-order valence-electron chi connectivity index (χ1n) is 14.4. The van der Waals surface area contributed by atoms with E-state index in [1.807, 2.05) is 91.0 Å². The van der Waals surface area contributed by atoms with Crippen LogP contribution in [0.2, 0.25) is 0 Å². The SMILES string of the molecule is FC1(F)c2ccc(c(-c3ccccc3)c2)/C(c2ccccc2)=C(/c2ccccc2)c2ccc(c(-c3ccccc3)c2)C1(F)F. The summed E-state index contributed by atoms with van der Waals surface area (Å²) in [5, 5.41) is 0. The summed E-state index contributed by atoms with van der Waals surface area (Å²) < 4.78 is 65.2. The Kier molecular flexibility index (Phi) is 6.78. The van der Waals surface area contributed by atoms with Crippen LogP contribution in [0, 0.1) is 0 Å². The molecule has 44 heavy (non-hydrogen) atoms. The van der Waals surface area contributed by atoms with E-state index in [0.29, 0.717) is 27.8 Å². The zero-order chi connectivity index (χ0) is 30.3. The number of rotatable bonds is 4. The Labute approximate surface area is 253 Å². The van der Waals surface area contributed by atoms with Crippen LogP contribution in [0.1, 0.15) is 33.4 Å². The summed E-state index contributed by atoms with van der Waals surface area (Å²) in [7, 11) is 0. The van der Waals surface area contributed by atoms with Crippen LogP contribution in [0.15, 0.2) is 158 Å². The van der Waals surface area contributed by atoms with Gasteiger partial charge in [-0.1, -0.05) is 146 Å². The van der Waals surface area contributed by atoms with Crippen LogP contribution < -0.4 is 0 Å². The molecular formula is C40H26F4. The zero-order valence-electron chi connectivity index (χ0n) is 23.5. The van der Waals surface area contributed by atoms with E-state index in [9.17, 15) is 0 Å². The third kappa shape index (κ3) is 4.55. The number of halogens is 4. The van der Waals surface area contributed by atoms with Gasteiger partial charge in [-0.05, 0) is 67.8 Å². The van der Waals surface area contributed by atoms with Crippen LogP contribution >= 0.6 is 0 Å². The highest BCUT2D eigenvalue weighted by Gasteiger charge is 2.59. The molecule has 6 aromatic carbocycles. The van der Waals surface area contributed by atoms with Crippen LogP contribution in [0.25, 0.3) is 33.4 Å². The van der Waals surface area contributed by atoms with Crippen molar-refractivity contribution in [1.82, 2.24) is 0 Å². The van der Waals surface area contributed by atoms with E-state index in [1.165, 1.54) is 12.1 Å². The Balaban J connectivity index is 1.71. The summed E-state index contributed by atoms with van der Waals surface area (Å²) in [6, 6.07) is 45.5. The van der Waals surface area contributed by atoms with E-state index >= 15 is 17.6 Å². The van der Waals surface area contributed by atoms with E-state index in [-0.39, 0.29) is 5.56 Å². The average Bonchev–Trinajstić information content (AvgIpc) is 3.08. The maximum absolute atomic E-state index is 16.3. The molecule has 0 heterocycles. The Morgan fingerprint density at radius 1 is 0.318 bits per heavy atom. The molecule has 4 heteroatoms. The van der Waals surface area contributed by atoms with Crippen molar-refractivity contribution in [2.24, 2.45) is 0 Å². The first-order chi connectivity index (χ1) is 21.4. The highest BCUT2D eigenvalue weighted by atomic mass is 19.3. The molecule has 0 aromatic heterocycles. The van der Waals surface area contributed by atoms with Gasteiger partial charge in [0, 0.05) is 11.1 Å². The van der Waals surface area contributed by atoms with Gasteiger partial charge in [0.1, 0.15) is 0 Å². The molecular weight excluding hydrogens is 556 g/mol. The highest BCUT2D eigenvalue weighted by Crippen LogP contribution is 2.54. The maximum atomic E-state index is 16.3. The lowest BCUT2D eigenvalue weighted by atomic mass is 9.79. The maximum Gasteiger partial charge on any atom is 0.340 e. The normalized spacial score (nSPS) is 16.7. The Morgan fingerprint density at radius 3 is 1.34 bits per heavy atom. The van der Waals surface area contributed by atoms with Crippen LogP contribution in [0.5, 0.6) is 0 Å². The fraction of sp³-hybridized carbons (Fsp3) is 0.0500. The lowest BCUT2D eigenvalue weighted by Gasteiger charge is -2.31. The molecule has 0 fully saturated rings. The molecule has 0 saturated carbocycles. The summed E-state index contributed by atoms with van der Waals surface area (Å²) in [6.07, 6.45) is 0. The van der Waals surface area contributed by atoms with E-state index in [0.717, 1.165) is 28.3 Å². The summed E-state index contributed by atoms with van der Waals surface area (Å²) in [5.74, 6) is -9.01. The van der Waals surface area contributed by atoms with E-state index in [4.69, 9.17) is 0 Å². The van der Waals surface area contributed by atoms with E-state index in [2.05, 4.69) is 0 Å². The van der Waals surface area contributed by atoms with Crippen LogP contribution in [-0.2, 0) is 11.8 Å². The first kappa shape index (κ1) is 27.6. The summed E-state index contributed by atoms with van der Waals surface area (Å²) in [6.45, 7) is 0. The quantitative estimate of drug-likeness (QED) is 0.181. The van der Waals surface area contributed by atoms with Crippen molar-refractivity contribution < 1.29 is 17.6 Å². The monoisotopic (exact) mass is 582 g/mol. The van der Waals surface area contributed by atoms with E-state index < -0.39 is 23.0 Å². The summed E-state index contributed by atoms with van der Waals surface area (Å²) in [4.78, 5) is 0. The molecule has 0 saturated heterocycles. The van der Waals surface area contributed by atoms with Gasteiger partial charge in [-0.3, -0.25) is 0 Å². The molecule has 0 spiro atoms. The van der Waals surface area contributed by atoms with Gasteiger partial charge in [0.25, 0.3) is 0 Å². The fourth-order valence-corrected chi connectivity index (χ4v) is 6.09. The molecule has 6 aromatic rings. The van der Waals surface area contributed by atoms with Crippen LogP contribution in [0.4, 0.5) is 17.6 Å². The van der Waals surface area contributed by atoms with Gasteiger partial charge >= 0.3 is 11.8 Å². The third-order valence-electron chi connectivity index (χ3n) is 8.24. The second kappa shape index (κ2) is 10.8. The standard InChI is InChI=1S/C40H26F4/c41-39(42)32-22-23-33(34(26-32)27-13-5-1-6-14-27)38(30-19-11-4-12-20-30)37(29-17-9-3-10-18-29)31-21-24-36(40(39,43)44)35(25-31)28-15-7-2-8-16-28/h1-26H/b38-37-. The van der Waals surface area contributed by atoms with Crippen LogP contribution in [0.3, 0.4) is 0 Å². The summed E-state index contributed by atoms with van der Waals surface area (Å²) in [5.41, 5.74) is 4.78. The van der Waals surface area contributed by atoms with Crippen molar-refractivity contribution in [3.63, 3.8) is 0 Å². The zero-order valence-corrected chi connectivity index (χ0v) is 23.5. The molecule has 0 amide bonds. The van der Waals surface area contributed by atoms with Crippen molar-refractivity contribution in [2.45, 2.75) is 11.8 Å². The lowest BCUT2D eigenvalue weighted by molar-refractivity contribution is -0.223. The lowest BCUT2D eigenvalue weighted by Crippen LogP contribution is -2.36. The van der Waals surface area contributed by atoms with Gasteiger partial charge in [-0.25, -0.2) is 0 Å². The molecule has 4 bridgehead atoms. The van der Waals surface area contributed by atoms with Gasteiger partial charge < -0.3 is 0 Å². The van der Waals surface area contributed by atoms with Crippen molar-refractivity contribution in [2.75, 3.05) is 0 Å². The van der Waals surface area contributed by atoms with Gasteiger partial charge in [0.2, 0.25) is 0 Å². The predicted molar refractivity (Wildman–Crippen MR) is 169 cm³/mol. The van der Waals surface area contributed by atoms with Crippen molar-refractivity contribution >= 4 is 11.1 Å². The molecule has 0 radical (unpaired) electrons. The largest absolute Gasteiger partial charge is 0.340 e. The molecule has 0 unspecified atom stereocenters. The highest BCUT2D eigenvalue weighted by molar-refractivity contribution is 6.07. The van der Waals surface area contributed by atoms with E-state index in [1.54, 1.807) is 48.5 Å². The molecule has 0 atom stereocenters. The predicted octanol–water partition coefficient (Wildman–Crippen LogP) is 11.2. The van der Waals surface area contributed by atoms with Crippen molar-refractivity contribution in [1.29, 1.82) is 0 Å². The molecule has 0 nitrogen and oxygen atoms in total. The van der Waals surface area contributed by atoms with Crippen molar-refractivity contribution in [3.8, 4) is 22.3 Å². The minimum Gasteiger partial charge on any atom is -0.194 e. The Bertz CT molecular complexity index is 1980. The molecule has 4 aliphatic carbocycles. The van der Waals surface area contributed by atoms with Crippen molar-refractivity contribution in [3.05, 3.63) is 191 Å². The van der Waals surface area contributed by atoms with Gasteiger partial charge in [-0.2, -0.15) is 17.6 Å². The topological polar surface area (TPSA) is 0 Å². The Hall–Kier alpha value is -5.22. The molecule has 214 valence electrons.